The minimum Gasteiger partial charge on any atom is -0.456 e. The first-order valence-corrected chi connectivity index (χ1v) is 9.10. The zero-order valence-corrected chi connectivity index (χ0v) is 15.8. The molecule has 4 aromatic rings. The molecule has 0 aliphatic carbocycles. The number of pyridine rings is 1. The summed E-state index contributed by atoms with van der Waals surface area (Å²) in [5.74, 6) is 1.29. The van der Waals surface area contributed by atoms with Gasteiger partial charge in [-0.2, -0.15) is 0 Å². The first kappa shape index (κ1) is 18.0. The number of nitrogens with one attached hydrogen (secondary N) is 2. The predicted octanol–water partition coefficient (Wildman–Crippen LogP) is 5.15. The van der Waals surface area contributed by atoms with Crippen LogP contribution in [-0.2, 0) is 4.79 Å². The summed E-state index contributed by atoms with van der Waals surface area (Å²) < 4.78 is 5.70. The molecule has 0 radical (unpaired) electrons. The van der Waals surface area contributed by atoms with E-state index in [0.29, 0.717) is 28.0 Å². The number of anilines is 1. The van der Waals surface area contributed by atoms with Crippen molar-refractivity contribution in [2.75, 3.05) is 5.32 Å². The van der Waals surface area contributed by atoms with Crippen molar-refractivity contribution in [1.29, 1.82) is 0 Å². The number of amides is 1. The fraction of sp³-hybridized carbons (Fsp3) is 0.0952. The van der Waals surface area contributed by atoms with Crippen LogP contribution in [0.4, 0.5) is 5.69 Å². The Balaban J connectivity index is 1.43. The summed E-state index contributed by atoms with van der Waals surface area (Å²) >= 11 is 6.00. The van der Waals surface area contributed by atoms with Crippen LogP contribution in [0.1, 0.15) is 18.7 Å². The smallest absolute Gasteiger partial charge is 0.234 e. The number of benzene rings is 2. The van der Waals surface area contributed by atoms with Crippen molar-refractivity contribution in [3.8, 4) is 11.5 Å². The number of carbonyl (C=O) groups is 1. The minimum absolute atomic E-state index is 0.161. The molecular formula is C21H17ClN4O2. The van der Waals surface area contributed by atoms with Crippen LogP contribution in [0.5, 0.6) is 11.5 Å². The molecule has 2 aromatic heterocycles. The lowest BCUT2D eigenvalue weighted by atomic mass is 10.1. The van der Waals surface area contributed by atoms with Crippen LogP contribution < -0.4 is 10.1 Å². The third-order valence-electron chi connectivity index (χ3n) is 4.26. The monoisotopic (exact) mass is 392 g/mol. The van der Waals surface area contributed by atoms with Gasteiger partial charge in [0.25, 0.3) is 0 Å². The van der Waals surface area contributed by atoms with Gasteiger partial charge in [0.1, 0.15) is 17.3 Å². The van der Waals surface area contributed by atoms with E-state index in [1.165, 1.54) is 0 Å². The molecule has 1 amide bonds. The normalized spacial score (nSPS) is 11.9. The van der Waals surface area contributed by atoms with Gasteiger partial charge in [0.05, 0.1) is 23.1 Å². The Bertz CT molecular complexity index is 1110. The lowest BCUT2D eigenvalue weighted by Crippen LogP contribution is -2.19. The molecule has 0 bridgehead atoms. The van der Waals surface area contributed by atoms with E-state index in [4.69, 9.17) is 16.3 Å². The third-order valence-corrected chi connectivity index (χ3v) is 4.49. The van der Waals surface area contributed by atoms with Gasteiger partial charge in [0.15, 0.2) is 0 Å². The van der Waals surface area contributed by atoms with Crippen molar-refractivity contribution in [2.45, 2.75) is 12.8 Å². The van der Waals surface area contributed by atoms with E-state index in [0.717, 1.165) is 11.0 Å². The second-order valence-corrected chi connectivity index (χ2v) is 6.75. The van der Waals surface area contributed by atoms with Crippen molar-refractivity contribution >= 4 is 34.2 Å². The third kappa shape index (κ3) is 3.97. The van der Waals surface area contributed by atoms with Gasteiger partial charge in [-0.05, 0) is 61.5 Å². The Labute approximate surface area is 166 Å². The van der Waals surface area contributed by atoms with Gasteiger partial charge >= 0.3 is 0 Å². The van der Waals surface area contributed by atoms with Crippen molar-refractivity contribution < 1.29 is 9.53 Å². The summed E-state index contributed by atoms with van der Waals surface area (Å²) in [7, 11) is 0. The zero-order valence-electron chi connectivity index (χ0n) is 15.0. The maximum Gasteiger partial charge on any atom is 0.234 e. The molecule has 140 valence electrons. The highest BCUT2D eigenvalue weighted by Gasteiger charge is 2.19. The molecule has 2 heterocycles. The number of ether oxygens (including phenoxy) is 1. The first-order valence-electron chi connectivity index (χ1n) is 8.72. The first-order chi connectivity index (χ1) is 13.6. The quantitative estimate of drug-likeness (QED) is 0.492. The van der Waals surface area contributed by atoms with Gasteiger partial charge < -0.3 is 15.0 Å². The molecule has 0 saturated heterocycles. The molecule has 1 atom stereocenters. The Morgan fingerprint density at radius 2 is 1.96 bits per heavy atom. The van der Waals surface area contributed by atoms with Crippen LogP contribution in [0.25, 0.3) is 11.0 Å². The zero-order chi connectivity index (χ0) is 19.5. The van der Waals surface area contributed by atoms with E-state index in [-0.39, 0.29) is 5.91 Å². The molecular weight excluding hydrogens is 376 g/mol. The van der Waals surface area contributed by atoms with Crippen LogP contribution in [-0.4, -0.2) is 20.9 Å². The molecule has 2 aromatic carbocycles. The van der Waals surface area contributed by atoms with Crippen LogP contribution in [0.2, 0.25) is 5.02 Å². The van der Waals surface area contributed by atoms with Crippen molar-refractivity contribution in [3.05, 3.63) is 77.8 Å². The van der Waals surface area contributed by atoms with E-state index >= 15 is 0 Å². The molecule has 0 aliphatic rings. The predicted molar refractivity (Wildman–Crippen MR) is 109 cm³/mol. The molecule has 7 heteroatoms. The van der Waals surface area contributed by atoms with Gasteiger partial charge in [-0.3, -0.25) is 9.78 Å². The summed E-state index contributed by atoms with van der Waals surface area (Å²) in [4.78, 5) is 24.2. The number of rotatable bonds is 5. The van der Waals surface area contributed by atoms with Gasteiger partial charge in [-0.1, -0.05) is 11.6 Å². The molecule has 4 rings (SSSR count). The van der Waals surface area contributed by atoms with Gasteiger partial charge in [0, 0.05) is 16.9 Å². The Kier molecular flexibility index (Phi) is 4.95. The summed E-state index contributed by atoms with van der Waals surface area (Å²) in [5, 5.41) is 3.51. The number of aromatic amines is 1. The van der Waals surface area contributed by atoms with Crippen LogP contribution in [0, 0.1) is 0 Å². The van der Waals surface area contributed by atoms with E-state index in [9.17, 15) is 4.79 Å². The number of H-pyrrole nitrogens is 1. The summed E-state index contributed by atoms with van der Waals surface area (Å²) in [6.45, 7) is 1.80. The Morgan fingerprint density at radius 3 is 2.71 bits per heavy atom. The number of carbonyl (C=O) groups excluding carboxylic acids is 1. The minimum atomic E-state index is -0.447. The summed E-state index contributed by atoms with van der Waals surface area (Å²) in [6.07, 6.45) is 3.32. The topological polar surface area (TPSA) is 79.9 Å². The Hall–Kier alpha value is -3.38. The van der Waals surface area contributed by atoms with E-state index in [2.05, 4.69) is 20.3 Å². The number of imidazole rings is 1. The molecule has 1 unspecified atom stereocenters. The number of nitrogens with zero attached hydrogens (tertiary/aromatic N) is 2. The Morgan fingerprint density at radius 1 is 1.14 bits per heavy atom. The molecule has 2 N–H and O–H groups in total. The highest BCUT2D eigenvalue weighted by molar-refractivity contribution is 6.31. The standard InChI is InChI=1S/C21H17ClN4O2/c1-13(20-25-18-9-4-14(22)11-19(18)26-20)21(27)24-15-5-7-16(8-6-15)28-17-3-2-10-23-12-17/h2-13H,1H3,(H,24,27)(H,25,26). The number of aromatic nitrogens is 3. The van der Waals surface area contributed by atoms with Crippen molar-refractivity contribution in [1.82, 2.24) is 15.0 Å². The van der Waals surface area contributed by atoms with Crippen LogP contribution in [0.15, 0.2) is 67.0 Å². The number of fused-ring (bicyclic) bond motifs is 1. The lowest BCUT2D eigenvalue weighted by Gasteiger charge is -2.11. The number of hydrogen-bond donors (Lipinski definition) is 2. The lowest BCUT2D eigenvalue weighted by molar-refractivity contribution is -0.117. The molecule has 0 spiro atoms. The molecule has 0 aliphatic heterocycles. The average molecular weight is 393 g/mol. The van der Waals surface area contributed by atoms with Gasteiger partial charge in [-0.15, -0.1) is 0 Å². The molecule has 0 fully saturated rings. The summed E-state index contributed by atoms with van der Waals surface area (Å²) in [5.41, 5.74) is 2.25. The molecule has 6 nitrogen and oxygen atoms in total. The number of halogens is 1. The fourth-order valence-electron chi connectivity index (χ4n) is 2.73. The van der Waals surface area contributed by atoms with Crippen molar-refractivity contribution in [3.63, 3.8) is 0 Å². The highest BCUT2D eigenvalue weighted by atomic mass is 35.5. The summed E-state index contributed by atoms with van der Waals surface area (Å²) in [6, 6.07) is 16.2. The maximum absolute atomic E-state index is 12.6. The number of hydrogen-bond acceptors (Lipinski definition) is 4. The SMILES string of the molecule is CC(C(=O)Nc1ccc(Oc2cccnc2)cc1)c1nc2ccc(Cl)cc2[nH]1. The van der Waals surface area contributed by atoms with Crippen LogP contribution in [0.3, 0.4) is 0 Å². The highest BCUT2D eigenvalue weighted by Crippen LogP contribution is 2.24. The average Bonchev–Trinajstić information content (AvgIpc) is 3.12. The second-order valence-electron chi connectivity index (χ2n) is 6.31. The van der Waals surface area contributed by atoms with E-state index < -0.39 is 5.92 Å². The largest absolute Gasteiger partial charge is 0.456 e. The maximum atomic E-state index is 12.6. The van der Waals surface area contributed by atoms with E-state index in [1.807, 2.05) is 12.1 Å². The van der Waals surface area contributed by atoms with Crippen LogP contribution >= 0.6 is 11.6 Å². The van der Waals surface area contributed by atoms with E-state index in [1.54, 1.807) is 61.8 Å². The van der Waals surface area contributed by atoms with Crippen molar-refractivity contribution in [2.24, 2.45) is 0 Å². The molecule has 28 heavy (non-hydrogen) atoms. The van der Waals surface area contributed by atoms with Gasteiger partial charge in [0.2, 0.25) is 5.91 Å². The van der Waals surface area contributed by atoms with Gasteiger partial charge in [-0.25, -0.2) is 4.98 Å². The molecule has 0 saturated carbocycles. The fourth-order valence-corrected chi connectivity index (χ4v) is 2.90. The second kappa shape index (κ2) is 7.70.